The van der Waals surface area contributed by atoms with Gasteiger partial charge in [0, 0.05) is 51.1 Å². The zero-order valence-corrected chi connectivity index (χ0v) is 45.4. The van der Waals surface area contributed by atoms with Gasteiger partial charge in [0.25, 0.3) is 6.71 Å². The molecule has 0 spiro atoms. The molecule has 73 heavy (non-hydrogen) atoms. The Morgan fingerprint density at radius 2 is 0.932 bits per heavy atom. The maximum Gasteiger partial charge on any atom is 0.252 e. The fraction of sp³-hybridized carbons (Fsp3) is 0.304. The van der Waals surface area contributed by atoms with E-state index < -0.39 is 0 Å². The van der Waals surface area contributed by atoms with E-state index in [1.165, 1.54) is 108 Å². The molecule has 4 heteroatoms. The lowest BCUT2D eigenvalue weighted by Gasteiger charge is -2.48. The third-order valence-corrected chi connectivity index (χ3v) is 17.7. The van der Waals surface area contributed by atoms with Crippen LogP contribution >= 0.6 is 0 Å². The molecule has 0 amide bonds. The second kappa shape index (κ2) is 16.6. The highest BCUT2D eigenvalue weighted by atomic mass is 15.2. The SMILES string of the molecule is Cc1cc2c3c(c1)N(c1ccc(C(C)(C)C)cc1-c1ccccc1)c1ccc(N(c4ccccc4)c4ccccc4)cc1B3c1cc3c(cc1N2c1ccc2c(c1)C(C)(C)CCC2(C)C)C(C)(C)CCC3(C)C. The number of benzene rings is 8. The largest absolute Gasteiger partial charge is 0.311 e. The summed E-state index contributed by atoms with van der Waals surface area (Å²) >= 11 is 0. The van der Waals surface area contributed by atoms with Gasteiger partial charge in [0.1, 0.15) is 0 Å². The van der Waals surface area contributed by atoms with Crippen LogP contribution in [-0.4, -0.2) is 6.71 Å². The van der Waals surface area contributed by atoms with Crippen molar-refractivity contribution >= 4 is 74.3 Å². The minimum atomic E-state index is -0.0513. The first kappa shape index (κ1) is 47.2. The van der Waals surface area contributed by atoms with Crippen molar-refractivity contribution < 1.29 is 0 Å². The molecule has 0 aromatic heterocycles. The van der Waals surface area contributed by atoms with Crippen molar-refractivity contribution in [3.05, 3.63) is 203 Å². The van der Waals surface area contributed by atoms with Gasteiger partial charge < -0.3 is 14.7 Å². The number of hydrogen-bond donors (Lipinski definition) is 0. The van der Waals surface area contributed by atoms with Crippen LogP contribution in [0.2, 0.25) is 0 Å². The lowest BCUT2D eigenvalue weighted by atomic mass is 9.33. The van der Waals surface area contributed by atoms with Crippen LogP contribution in [0.5, 0.6) is 0 Å². The highest BCUT2D eigenvalue weighted by Gasteiger charge is 2.48. The van der Waals surface area contributed by atoms with E-state index in [4.69, 9.17) is 0 Å². The number of para-hydroxylation sites is 2. The fourth-order valence-electron chi connectivity index (χ4n) is 13.2. The second-order valence-corrected chi connectivity index (χ2v) is 25.6. The molecule has 0 saturated carbocycles. The minimum absolute atomic E-state index is 0.0186. The van der Waals surface area contributed by atoms with E-state index >= 15 is 0 Å². The van der Waals surface area contributed by atoms with Gasteiger partial charge in [-0.25, -0.2) is 0 Å². The Hall–Kier alpha value is -6.78. The maximum absolute atomic E-state index is 2.70. The summed E-state index contributed by atoms with van der Waals surface area (Å²) in [6, 6.07) is 65.4. The smallest absolute Gasteiger partial charge is 0.252 e. The number of aryl methyl sites for hydroxylation is 1. The first-order valence-corrected chi connectivity index (χ1v) is 27.0. The maximum atomic E-state index is 2.70. The molecule has 12 rings (SSSR count). The van der Waals surface area contributed by atoms with Crippen molar-refractivity contribution in [2.75, 3.05) is 14.7 Å². The Balaban J connectivity index is 1.21. The molecule has 4 aliphatic rings. The molecule has 2 heterocycles. The third-order valence-electron chi connectivity index (χ3n) is 17.7. The molecule has 0 unspecified atom stereocenters. The predicted octanol–water partition coefficient (Wildman–Crippen LogP) is 17.2. The van der Waals surface area contributed by atoms with E-state index in [0.29, 0.717) is 0 Å². The summed E-state index contributed by atoms with van der Waals surface area (Å²) in [4.78, 5) is 7.77. The molecule has 0 bridgehead atoms. The van der Waals surface area contributed by atoms with Crippen LogP contribution in [0, 0.1) is 6.92 Å². The normalized spacial score (nSPS) is 17.5. The van der Waals surface area contributed by atoms with Crippen molar-refractivity contribution in [3.63, 3.8) is 0 Å². The monoisotopic (exact) mass is 954 g/mol. The van der Waals surface area contributed by atoms with Crippen molar-refractivity contribution in [3.8, 4) is 11.1 Å². The van der Waals surface area contributed by atoms with Crippen LogP contribution in [0.15, 0.2) is 170 Å². The molecule has 366 valence electrons. The minimum Gasteiger partial charge on any atom is -0.311 e. The van der Waals surface area contributed by atoms with Crippen LogP contribution in [0.1, 0.15) is 135 Å². The van der Waals surface area contributed by atoms with Crippen molar-refractivity contribution in [2.24, 2.45) is 0 Å². The van der Waals surface area contributed by atoms with Crippen LogP contribution in [-0.2, 0) is 27.1 Å². The van der Waals surface area contributed by atoms with Crippen molar-refractivity contribution in [1.82, 2.24) is 0 Å². The van der Waals surface area contributed by atoms with Gasteiger partial charge in [0.15, 0.2) is 0 Å². The number of anilines is 9. The Morgan fingerprint density at radius 3 is 1.52 bits per heavy atom. The van der Waals surface area contributed by atoms with Gasteiger partial charge >= 0.3 is 0 Å². The molecule has 0 radical (unpaired) electrons. The molecule has 8 aromatic carbocycles. The van der Waals surface area contributed by atoms with Crippen LogP contribution in [0.25, 0.3) is 11.1 Å². The fourth-order valence-corrected chi connectivity index (χ4v) is 13.2. The third kappa shape index (κ3) is 7.68. The highest BCUT2D eigenvalue weighted by molar-refractivity contribution is 7.00. The first-order valence-electron chi connectivity index (χ1n) is 27.0. The standard InChI is InChI=1S/C69H72BN3/c1-45-38-62-64-63(39-45)73(59-32-28-47(65(2,3)4)40-52(59)46-22-16-13-17-23-46)60-33-30-51(71(48-24-18-14-19-25-48)49-26-20-15-21-27-49)42-57(60)70(64)58-43-55-56(69(11,12)37-36-68(55,9)10)44-61(58)72(62)50-29-31-53-54(41-50)67(7,8)35-34-66(53,5)6/h13-33,38-44H,34-37H2,1-12H3. The molecule has 0 saturated heterocycles. The lowest BCUT2D eigenvalue weighted by molar-refractivity contribution is 0.332. The topological polar surface area (TPSA) is 9.72 Å². The lowest BCUT2D eigenvalue weighted by Crippen LogP contribution is -2.62. The molecule has 0 fully saturated rings. The van der Waals surface area contributed by atoms with Gasteiger partial charge in [-0.1, -0.05) is 161 Å². The Kier molecular flexibility index (Phi) is 10.8. The molecule has 2 aliphatic carbocycles. The van der Waals surface area contributed by atoms with E-state index in [1.807, 2.05) is 0 Å². The number of hydrogen-bond acceptors (Lipinski definition) is 3. The van der Waals surface area contributed by atoms with E-state index in [0.717, 1.165) is 29.9 Å². The molecule has 3 nitrogen and oxygen atoms in total. The highest BCUT2D eigenvalue weighted by Crippen LogP contribution is 2.54. The number of rotatable bonds is 6. The summed E-state index contributed by atoms with van der Waals surface area (Å²) < 4.78 is 0. The summed E-state index contributed by atoms with van der Waals surface area (Å²) in [5, 5.41) is 0. The van der Waals surface area contributed by atoms with Gasteiger partial charge in [-0.2, -0.15) is 0 Å². The zero-order chi connectivity index (χ0) is 51.0. The molecule has 2 aliphatic heterocycles. The van der Waals surface area contributed by atoms with Crippen molar-refractivity contribution in [2.45, 2.75) is 136 Å². The molecular formula is C69H72BN3. The zero-order valence-electron chi connectivity index (χ0n) is 45.4. The summed E-state index contributed by atoms with van der Waals surface area (Å²) in [5.41, 5.74) is 26.1. The van der Waals surface area contributed by atoms with Crippen molar-refractivity contribution in [1.29, 1.82) is 0 Å². The number of fused-ring (bicyclic) bond motifs is 6. The summed E-state index contributed by atoms with van der Waals surface area (Å²) in [6.07, 6.45) is 4.67. The van der Waals surface area contributed by atoms with Gasteiger partial charge in [0.2, 0.25) is 0 Å². The average Bonchev–Trinajstić information content (AvgIpc) is 3.37. The summed E-state index contributed by atoms with van der Waals surface area (Å²) in [5.74, 6) is 0. The van der Waals surface area contributed by atoms with Gasteiger partial charge in [-0.15, -0.1) is 0 Å². The van der Waals surface area contributed by atoms with Crippen LogP contribution in [0.4, 0.5) is 51.2 Å². The van der Waals surface area contributed by atoms with Gasteiger partial charge in [-0.05, 0) is 200 Å². The molecule has 8 aromatic rings. The quantitative estimate of drug-likeness (QED) is 0.154. The molecule has 0 N–H and O–H groups in total. The molecule has 0 atom stereocenters. The Labute approximate surface area is 437 Å². The Bertz CT molecular complexity index is 3430. The first-order chi connectivity index (χ1) is 34.7. The van der Waals surface area contributed by atoms with E-state index in [1.54, 1.807) is 0 Å². The Morgan fingerprint density at radius 1 is 0.425 bits per heavy atom. The van der Waals surface area contributed by atoms with Gasteiger partial charge in [-0.3, -0.25) is 0 Å². The second-order valence-electron chi connectivity index (χ2n) is 25.6. The van der Waals surface area contributed by atoms with Crippen LogP contribution < -0.4 is 31.1 Å². The predicted molar refractivity (Wildman–Crippen MR) is 315 cm³/mol. The van der Waals surface area contributed by atoms with E-state index in [-0.39, 0.29) is 33.8 Å². The number of nitrogens with zero attached hydrogens (tertiary/aromatic N) is 3. The van der Waals surface area contributed by atoms with Gasteiger partial charge in [0.05, 0.1) is 5.69 Å². The molecular weight excluding hydrogens is 882 g/mol. The van der Waals surface area contributed by atoms with E-state index in [9.17, 15) is 0 Å². The summed E-state index contributed by atoms with van der Waals surface area (Å²) in [6.45, 7) is 29.0. The summed E-state index contributed by atoms with van der Waals surface area (Å²) in [7, 11) is 0. The van der Waals surface area contributed by atoms with E-state index in [2.05, 4.69) is 268 Å². The average molecular weight is 954 g/mol. The van der Waals surface area contributed by atoms with Crippen LogP contribution in [0.3, 0.4) is 0 Å².